The normalized spacial score (nSPS) is 9.41. The molecule has 0 aliphatic carbocycles. The Morgan fingerprint density at radius 1 is 1.00 bits per heavy atom. The number of hydrogen-bond acceptors (Lipinski definition) is 1. The quantitative estimate of drug-likeness (QED) is 0.354. The van der Waals surface area contributed by atoms with Crippen molar-refractivity contribution in [3.63, 3.8) is 0 Å². The third-order valence-corrected chi connectivity index (χ3v) is 3.57. The summed E-state index contributed by atoms with van der Waals surface area (Å²) >= 11 is 0. The van der Waals surface area contributed by atoms with Crippen LogP contribution in [0.5, 0.6) is 0 Å². The maximum absolute atomic E-state index is 10.5. The largest absolute Gasteiger partial charge is 0.642 e. The molecular weight excluding hydrogens is 312 g/mol. The van der Waals surface area contributed by atoms with E-state index >= 15 is 0 Å². The zero-order valence-corrected chi connectivity index (χ0v) is 14.2. The van der Waals surface area contributed by atoms with Gasteiger partial charge in [-0.15, -0.1) is 0 Å². The maximum Gasteiger partial charge on any atom is 0.105 e. The van der Waals surface area contributed by atoms with Crippen molar-refractivity contribution < 1.29 is 21.9 Å². The molecule has 0 spiro atoms. The SMILES string of the molecule is CC(=O)[c-]1cccc1.Cc1ccc(-[c-]2[cH-][cH-][cH-][cH-]2)cc1C.[Fe]. The van der Waals surface area contributed by atoms with E-state index in [1.54, 1.807) is 6.92 Å². The number of ketones is 1. The van der Waals surface area contributed by atoms with Gasteiger partial charge in [0.1, 0.15) is 5.78 Å². The summed E-state index contributed by atoms with van der Waals surface area (Å²) in [4.78, 5) is 10.5. The second kappa shape index (κ2) is 8.53. The first-order chi connectivity index (χ1) is 10.1. The van der Waals surface area contributed by atoms with E-state index in [1.807, 2.05) is 24.3 Å². The van der Waals surface area contributed by atoms with E-state index in [-0.39, 0.29) is 22.9 Å². The summed E-state index contributed by atoms with van der Waals surface area (Å²) in [6.07, 6.45) is 0. The molecule has 0 saturated heterocycles. The van der Waals surface area contributed by atoms with Crippen LogP contribution in [-0.4, -0.2) is 5.78 Å². The molecule has 120 valence electrons. The van der Waals surface area contributed by atoms with Crippen LogP contribution in [0.2, 0.25) is 0 Å². The van der Waals surface area contributed by atoms with Gasteiger partial charge in [0.25, 0.3) is 0 Å². The minimum atomic E-state index is 0. The predicted molar refractivity (Wildman–Crippen MR) is 89.0 cm³/mol. The van der Waals surface area contributed by atoms with Crippen LogP contribution in [0, 0.1) is 13.8 Å². The van der Waals surface area contributed by atoms with Gasteiger partial charge in [0, 0.05) is 17.1 Å². The molecule has 3 rings (SSSR count). The van der Waals surface area contributed by atoms with E-state index in [1.165, 1.54) is 22.3 Å². The van der Waals surface area contributed by atoms with Crippen LogP contribution in [0.1, 0.15) is 28.4 Å². The number of carbonyl (C=O) groups is 1. The molecule has 0 unspecified atom stereocenters. The Balaban J connectivity index is 0.000000234. The zero-order valence-electron chi connectivity index (χ0n) is 13.1. The van der Waals surface area contributed by atoms with Gasteiger partial charge in [-0.2, -0.15) is 23.8 Å². The van der Waals surface area contributed by atoms with Crippen LogP contribution in [0.3, 0.4) is 0 Å². The fourth-order valence-corrected chi connectivity index (χ4v) is 2.10. The van der Waals surface area contributed by atoms with Crippen molar-refractivity contribution >= 4 is 5.78 Å². The molecule has 0 radical (unpaired) electrons. The van der Waals surface area contributed by atoms with Gasteiger partial charge in [0.2, 0.25) is 0 Å². The average molecular weight is 332 g/mol. The molecule has 0 fully saturated rings. The van der Waals surface area contributed by atoms with E-state index in [4.69, 9.17) is 0 Å². The monoisotopic (exact) mass is 332 g/mol. The molecular formula is C20H20FeO-6. The Kier molecular flexibility index (Phi) is 7.04. The van der Waals surface area contributed by atoms with E-state index in [0.29, 0.717) is 0 Å². The summed E-state index contributed by atoms with van der Waals surface area (Å²) in [5.41, 5.74) is 6.13. The molecule has 2 heteroatoms. The number of carbonyl (C=O) groups excluding carboxylic acids is 1. The van der Waals surface area contributed by atoms with Gasteiger partial charge < -0.3 is 52.3 Å². The van der Waals surface area contributed by atoms with Crippen LogP contribution in [0.15, 0.2) is 66.7 Å². The maximum atomic E-state index is 10.5. The first kappa shape index (κ1) is 18.2. The van der Waals surface area contributed by atoms with Gasteiger partial charge in [0.15, 0.2) is 0 Å². The summed E-state index contributed by atoms with van der Waals surface area (Å²) < 4.78 is 0. The third-order valence-electron chi connectivity index (χ3n) is 3.57. The molecule has 0 aromatic heterocycles. The third kappa shape index (κ3) is 4.84. The molecule has 0 aliphatic heterocycles. The summed E-state index contributed by atoms with van der Waals surface area (Å²) in [6.45, 7) is 5.86. The van der Waals surface area contributed by atoms with E-state index in [0.717, 1.165) is 5.56 Å². The van der Waals surface area contributed by atoms with E-state index in [2.05, 4.69) is 56.3 Å². The first-order valence-corrected chi connectivity index (χ1v) is 7.10. The molecule has 0 bridgehead atoms. The topological polar surface area (TPSA) is 17.1 Å². The molecule has 0 heterocycles. The number of aryl methyl sites for hydroxylation is 2. The van der Waals surface area contributed by atoms with Crippen molar-refractivity contribution in [2.45, 2.75) is 20.8 Å². The van der Waals surface area contributed by atoms with Crippen LogP contribution in [-0.2, 0) is 17.1 Å². The molecule has 0 aliphatic rings. The van der Waals surface area contributed by atoms with Gasteiger partial charge in [-0.05, 0) is 13.8 Å². The molecule has 1 nitrogen and oxygen atoms in total. The molecule has 0 saturated carbocycles. The predicted octanol–water partition coefficient (Wildman–Crippen LogP) is 5.29. The Labute approximate surface area is 143 Å². The van der Waals surface area contributed by atoms with Crippen molar-refractivity contribution in [2.75, 3.05) is 0 Å². The van der Waals surface area contributed by atoms with E-state index in [9.17, 15) is 4.79 Å². The zero-order chi connectivity index (χ0) is 15.2. The van der Waals surface area contributed by atoms with Crippen molar-refractivity contribution in [1.82, 2.24) is 0 Å². The van der Waals surface area contributed by atoms with Gasteiger partial charge in [0.05, 0.1) is 0 Å². The summed E-state index contributed by atoms with van der Waals surface area (Å²) in [5.74, 6) is 0.134. The second-order valence-corrected chi connectivity index (χ2v) is 5.20. The average Bonchev–Trinajstić information content (AvgIpc) is 3.15. The fraction of sp³-hybridized carbons (Fsp3) is 0.150. The first-order valence-electron chi connectivity index (χ1n) is 7.10. The van der Waals surface area contributed by atoms with Gasteiger partial charge in [-0.3, -0.25) is 0 Å². The standard InChI is InChI=1S/C13H13.C7H7O.Fe/c1-10-7-8-13(9-11(10)2)12-5-3-4-6-12;1-6(8)7-4-2-3-5-7;/h3-9H,1-2H3;2-5H,1H3;/q-5;-1;. The summed E-state index contributed by atoms with van der Waals surface area (Å²) in [6, 6.07) is 22.4. The molecule has 0 N–H and O–H groups in total. The summed E-state index contributed by atoms with van der Waals surface area (Å²) in [5, 5.41) is 0. The second-order valence-electron chi connectivity index (χ2n) is 5.20. The van der Waals surface area contributed by atoms with Gasteiger partial charge in [-0.1, -0.05) is 18.1 Å². The van der Waals surface area contributed by atoms with Crippen molar-refractivity contribution in [1.29, 1.82) is 0 Å². The Bertz CT molecular complexity index is 691. The van der Waals surface area contributed by atoms with Crippen LogP contribution in [0.25, 0.3) is 11.1 Å². The van der Waals surface area contributed by atoms with Crippen molar-refractivity contribution in [3.8, 4) is 11.1 Å². The minimum absolute atomic E-state index is 0. The molecule has 0 atom stereocenters. The molecule has 0 amide bonds. The Hall–Kier alpha value is -1.89. The van der Waals surface area contributed by atoms with Crippen molar-refractivity contribution in [3.05, 3.63) is 83.4 Å². The fourth-order valence-electron chi connectivity index (χ4n) is 2.10. The molecule has 3 aromatic carbocycles. The van der Waals surface area contributed by atoms with Crippen LogP contribution >= 0.6 is 0 Å². The Morgan fingerprint density at radius 3 is 2.05 bits per heavy atom. The number of hydrogen-bond donors (Lipinski definition) is 0. The minimum Gasteiger partial charge on any atom is -0.642 e. The number of rotatable bonds is 2. The van der Waals surface area contributed by atoms with E-state index < -0.39 is 0 Å². The molecule has 22 heavy (non-hydrogen) atoms. The molecule has 3 aromatic rings. The van der Waals surface area contributed by atoms with Gasteiger partial charge >= 0.3 is 0 Å². The number of Topliss-reactive ketones (excluding diaryl/α,β-unsaturated/α-hetero) is 1. The Morgan fingerprint density at radius 2 is 1.59 bits per heavy atom. The van der Waals surface area contributed by atoms with Gasteiger partial charge in [-0.25, -0.2) is 12.1 Å². The van der Waals surface area contributed by atoms with Crippen LogP contribution < -0.4 is 0 Å². The smallest absolute Gasteiger partial charge is 0.105 e. The summed E-state index contributed by atoms with van der Waals surface area (Å²) in [7, 11) is 0. The number of benzene rings is 1. The van der Waals surface area contributed by atoms with Crippen LogP contribution in [0.4, 0.5) is 0 Å². The van der Waals surface area contributed by atoms with Crippen molar-refractivity contribution in [2.24, 2.45) is 0 Å².